The molecule has 0 aliphatic carbocycles. The predicted octanol–water partition coefficient (Wildman–Crippen LogP) is 4.15. The van der Waals surface area contributed by atoms with Crippen molar-refractivity contribution in [2.24, 2.45) is 5.41 Å². The highest BCUT2D eigenvalue weighted by Gasteiger charge is 2.47. The van der Waals surface area contributed by atoms with Gasteiger partial charge in [0, 0.05) is 32.6 Å². The normalized spacial score (nSPS) is 21.6. The van der Waals surface area contributed by atoms with Gasteiger partial charge in [-0.3, -0.25) is 9.59 Å². The van der Waals surface area contributed by atoms with Crippen LogP contribution in [0.2, 0.25) is 0 Å². The summed E-state index contributed by atoms with van der Waals surface area (Å²) in [6, 6.07) is 18.9. The van der Waals surface area contributed by atoms with Crippen molar-refractivity contribution in [2.45, 2.75) is 39.0 Å². The minimum Gasteiger partial charge on any atom is -0.342 e. The number of carbonyl (C=O) groups is 2. The number of hydrogen-bond acceptors (Lipinski definition) is 2. The van der Waals surface area contributed by atoms with Crippen LogP contribution in [0.1, 0.15) is 38.2 Å². The molecule has 4 nitrogen and oxygen atoms in total. The van der Waals surface area contributed by atoms with Crippen LogP contribution in [0.25, 0.3) is 11.1 Å². The molecule has 0 bridgehead atoms. The summed E-state index contributed by atoms with van der Waals surface area (Å²) < 4.78 is 0. The zero-order chi connectivity index (χ0) is 20.3. The summed E-state index contributed by atoms with van der Waals surface area (Å²) >= 11 is 0. The van der Waals surface area contributed by atoms with Crippen molar-refractivity contribution >= 4 is 11.8 Å². The Bertz CT molecular complexity index is 856. The smallest absolute Gasteiger partial charge is 0.230 e. The molecular formula is C25H30N2O2. The Kier molecular flexibility index (Phi) is 5.70. The molecule has 0 N–H and O–H groups in total. The monoisotopic (exact) mass is 390 g/mol. The fourth-order valence-corrected chi connectivity index (χ4v) is 4.80. The van der Waals surface area contributed by atoms with E-state index in [4.69, 9.17) is 0 Å². The molecule has 0 spiro atoms. The fraction of sp³-hybridized carbons (Fsp3) is 0.440. The van der Waals surface area contributed by atoms with Gasteiger partial charge in [0.25, 0.3) is 0 Å². The van der Waals surface area contributed by atoms with E-state index in [0.717, 1.165) is 32.4 Å². The van der Waals surface area contributed by atoms with Gasteiger partial charge in [-0.15, -0.1) is 0 Å². The molecule has 2 saturated heterocycles. The topological polar surface area (TPSA) is 40.6 Å². The first-order valence-corrected chi connectivity index (χ1v) is 10.8. The Balaban J connectivity index is 1.57. The second-order valence-corrected chi connectivity index (χ2v) is 8.44. The molecular weight excluding hydrogens is 360 g/mol. The molecule has 29 heavy (non-hydrogen) atoms. The second kappa shape index (κ2) is 8.40. The van der Waals surface area contributed by atoms with Gasteiger partial charge in [-0.05, 0) is 42.4 Å². The van der Waals surface area contributed by atoms with Crippen LogP contribution >= 0.6 is 0 Å². The number of rotatable bonds is 5. The first-order valence-electron chi connectivity index (χ1n) is 10.8. The van der Waals surface area contributed by atoms with Gasteiger partial charge in [-0.2, -0.15) is 0 Å². The molecule has 2 aliphatic heterocycles. The maximum absolute atomic E-state index is 13.5. The molecule has 0 saturated carbocycles. The number of hydrogen-bond donors (Lipinski definition) is 0. The molecule has 4 rings (SSSR count). The molecule has 2 amide bonds. The Morgan fingerprint density at radius 3 is 2.17 bits per heavy atom. The molecule has 0 radical (unpaired) electrons. The molecule has 2 aromatic carbocycles. The quantitative estimate of drug-likeness (QED) is 0.770. The number of carbonyl (C=O) groups excluding carboxylic acids is 2. The molecule has 4 heteroatoms. The van der Waals surface area contributed by atoms with E-state index in [1.807, 2.05) is 34.9 Å². The molecule has 2 aliphatic rings. The summed E-state index contributed by atoms with van der Waals surface area (Å²) in [6.45, 7) is 4.85. The van der Waals surface area contributed by atoms with E-state index in [9.17, 15) is 9.59 Å². The van der Waals surface area contributed by atoms with Gasteiger partial charge in [0.2, 0.25) is 11.8 Å². The number of nitrogens with zero attached hydrogens (tertiary/aromatic N) is 2. The third-order valence-corrected chi connectivity index (χ3v) is 6.46. The maximum Gasteiger partial charge on any atom is 0.230 e. The standard InChI is InChI=1S/C25H30N2O2/c1-2-23(28)27-17-14-25(19-27,24(29)26-15-6-7-16-26)18-20-10-12-22(13-11-20)21-8-4-3-5-9-21/h3-5,8-13H,2,6-7,14-19H2,1H3. The van der Waals surface area contributed by atoms with Crippen LogP contribution in [-0.4, -0.2) is 47.8 Å². The summed E-state index contributed by atoms with van der Waals surface area (Å²) in [5.41, 5.74) is 3.07. The Hall–Kier alpha value is -2.62. The van der Waals surface area contributed by atoms with Gasteiger partial charge >= 0.3 is 0 Å². The van der Waals surface area contributed by atoms with Gasteiger partial charge in [0.05, 0.1) is 5.41 Å². The molecule has 2 heterocycles. The number of amides is 2. The first kappa shape index (κ1) is 19.7. The van der Waals surface area contributed by atoms with E-state index in [-0.39, 0.29) is 11.8 Å². The zero-order valence-electron chi connectivity index (χ0n) is 17.3. The lowest BCUT2D eigenvalue weighted by Gasteiger charge is -2.32. The lowest BCUT2D eigenvalue weighted by atomic mass is 9.79. The van der Waals surface area contributed by atoms with Crippen molar-refractivity contribution in [3.8, 4) is 11.1 Å². The largest absolute Gasteiger partial charge is 0.342 e. The van der Waals surface area contributed by atoms with E-state index in [0.29, 0.717) is 25.9 Å². The molecule has 2 fully saturated rings. The third kappa shape index (κ3) is 4.07. The summed E-state index contributed by atoms with van der Waals surface area (Å²) in [4.78, 5) is 29.7. The minimum atomic E-state index is -0.483. The lowest BCUT2D eigenvalue weighted by molar-refractivity contribution is -0.141. The van der Waals surface area contributed by atoms with Gasteiger partial charge in [-0.1, -0.05) is 61.5 Å². The second-order valence-electron chi connectivity index (χ2n) is 8.44. The highest BCUT2D eigenvalue weighted by Crippen LogP contribution is 2.38. The average molecular weight is 391 g/mol. The van der Waals surface area contributed by atoms with E-state index in [2.05, 4.69) is 36.4 Å². The lowest BCUT2D eigenvalue weighted by Crippen LogP contribution is -2.46. The van der Waals surface area contributed by atoms with Gasteiger partial charge in [-0.25, -0.2) is 0 Å². The first-order chi connectivity index (χ1) is 14.1. The Morgan fingerprint density at radius 1 is 0.862 bits per heavy atom. The van der Waals surface area contributed by atoms with E-state index >= 15 is 0 Å². The Morgan fingerprint density at radius 2 is 1.52 bits per heavy atom. The average Bonchev–Trinajstić information content (AvgIpc) is 3.45. The summed E-state index contributed by atoms with van der Waals surface area (Å²) in [5.74, 6) is 0.397. The highest BCUT2D eigenvalue weighted by molar-refractivity contribution is 5.86. The molecule has 0 aromatic heterocycles. The van der Waals surface area contributed by atoms with E-state index in [1.165, 1.54) is 16.7 Å². The van der Waals surface area contributed by atoms with Crippen LogP contribution < -0.4 is 0 Å². The Labute approximate surface area is 173 Å². The van der Waals surface area contributed by atoms with Crippen LogP contribution in [-0.2, 0) is 16.0 Å². The van der Waals surface area contributed by atoms with E-state index < -0.39 is 5.41 Å². The zero-order valence-corrected chi connectivity index (χ0v) is 17.3. The molecule has 1 atom stereocenters. The summed E-state index contributed by atoms with van der Waals surface area (Å²) in [7, 11) is 0. The SMILES string of the molecule is CCC(=O)N1CCC(Cc2ccc(-c3ccccc3)cc2)(C(=O)N2CCCC2)C1. The van der Waals surface area contributed by atoms with Crippen molar-refractivity contribution in [3.05, 3.63) is 60.2 Å². The minimum absolute atomic E-state index is 0.153. The maximum atomic E-state index is 13.5. The fourth-order valence-electron chi connectivity index (χ4n) is 4.80. The summed E-state index contributed by atoms with van der Waals surface area (Å²) in [6.07, 6.45) is 4.13. The molecule has 152 valence electrons. The number of likely N-dealkylation sites (tertiary alicyclic amines) is 2. The van der Waals surface area contributed by atoms with Crippen molar-refractivity contribution in [2.75, 3.05) is 26.2 Å². The van der Waals surface area contributed by atoms with Crippen molar-refractivity contribution in [1.29, 1.82) is 0 Å². The van der Waals surface area contributed by atoms with Crippen LogP contribution in [0.4, 0.5) is 0 Å². The third-order valence-electron chi connectivity index (χ3n) is 6.46. The van der Waals surface area contributed by atoms with Crippen LogP contribution in [0.5, 0.6) is 0 Å². The molecule has 2 aromatic rings. The number of benzene rings is 2. The van der Waals surface area contributed by atoms with Gasteiger partial charge in [0.1, 0.15) is 0 Å². The van der Waals surface area contributed by atoms with Crippen molar-refractivity contribution < 1.29 is 9.59 Å². The van der Waals surface area contributed by atoms with Crippen LogP contribution in [0, 0.1) is 5.41 Å². The van der Waals surface area contributed by atoms with Crippen molar-refractivity contribution in [1.82, 2.24) is 9.80 Å². The van der Waals surface area contributed by atoms with Crippen LogP contribution in [0.15, 0.2) is 54.6 Å². The predicted molar refractivity (Wildman–Crippen MR) is 115 cm³/mol. The van der Waals surface area contributed by atoms with Gasteiger partial charge in [0.15, 0.2) is 0 Å². The highest BCUT2D eigenvalue weighted by atomic mass is 16.2. The van der Waals surface area contributed by atoms with Crippen LogP contribution in [0.3, 0.4) is 0 Å². The van der Waals surface area contributed by atoms with Crippen molar-refractivity contribution in [3.63, 3.8) is 0 Å². The van der Waals surface area contributed by atoms with E-state index in [1.54, 1.807) is 0 Å². The molecule has 1 unspecified atom stereocenters. The summed E-state index contributed by atoms with van der Waals surface area (Å²) in [5, 5.41) is 0. The van der Waals surface area contributed by atoms with Gasteiger partial charge < -0.3 is 9.80 Å².